The van der Waals surface area contributed by atoms with Crippen LogP contribution in [0.1, 0.15) is 51.9 Å². The third-order valence-electron chi connectivity index (χ3n) is 2.66. The Morgan fingerprint density at radius 1 is 1.27 bits per heavy atom. The zero-order chi connectivity index (χ0) is 10.8. The highest BCUT2D eigenvalue weighted by molar-refractivity contribution is 4.81. The highest BCUT2D eigenvalue weighted by atomic mass is 16.7. The van der Waals surface area contributed by atoms with Crippen molar-refractivity contribution >= 4 is 0 Å². The first kappa shape index (κ1) is 12.7. The van der Waals surface area contributed by atoms with Crippen LogP contribution in [0.4, 0.5) is 0 Å². The molecule has 15 heavy (non-hydrogen) atoms. The van der Waals surface area contributed by atoms with Crippen LogP contribution >= 0.6 is 0 Å². The minimum absolute atomic E-state index is 0.0547. The maximum atomic E-state index is 5.58. The van der Waals surface area contributed by atoms with E-state index in [0.717, 1.165) is 13.0 Å². The summed E-state index contributed by atoms with van der Waals surface area (Å²) in [5.41, 5.74) is 0. The number of unbranched alkanes of at least 4 members (excludes halogenated alkanes) is 3. The summed E-state index contributed by atoms with van der Waals surface area (Å²) in [5, 5.41) is 0. The Balaban J connectivity index is 1.90. The molecule has 2 nitrogen and oxygen atoms in total. The summed E-state index contributed by atoms with van der Waals surface area (Å²) in [7, 11) is 0. The van der Waals surface area contributed by atoms with Gasteiger partial charge in [0.15, 0.2) is 6.29 Å². The van der Waals surface area contributed by atoms with Gasteiger partial charge < -0.3 is 9.47 Å². The number of ether oxygens (including phenoxy) is 2. The van der Waals surface area contributed by atoms with Crippen molar-refractivity contribution in [2.75, 3.05) is 13.2 Å². The minimum Gasteiger partial charge on any atom is -0.353 e. The lowest BCUT2D eigenvalue weighted by Gasteiger charge is -2.21. The quantitative estimate of drug-likeness (QED) is 0.473. The Labute approximate surface area is 93.7 Å². The van der Waals surface area contributed by atoms with Gasteiger partial charge in [0, 0.05) is 6.61 Å². The molecule has 2 heteroatoms. The lowest BCUT2D eigenvalue weighted by Crippen LogP contribution is -2.22. The van der Waals surface area contributed by atoms with Crippen LogP contribution in [0.25, 0.3) is 0 Å². The van der Waals surface area contributed by atoms with Gasteiger partial charge in [-0.15, -0.1) is 0 Å². The maximum Gasteiger partial charge on any atom is 0.157 e. The number of hydrogen-bond donors (Lipinski definition) is 0. The van der Waals surface area contributed by atoms with E-state index < -0.39 is 0 Å². The Hall–Kier alpha value is -0.340. The van der Waals surface area contributed by atoms with Gasteiger partial charge in [-0.05, 0) is 32.1 Å². The van der Waals surface area contributed by atoms with Crippen LogP contribution in [0.5, 0.6) is 0 Å². The van der Waals surface area contributed by atoms with E-state index in [0.29, 0.717) is 6.61 Å². The lowest BCUT2D eigenvalue weighted by molar-refractivity contribution is -0.155. The number of allylic oxidation sites excluding steroid dienone is 1. The van der Waals surface area contributed by atoms with E-state index in [4.69, 9.17) is 9.47 Å². The van der Waals surface area contributed by atoms with Crippen molar-refractivity contribution in [1.29, 1.82) is 0 Å². The predicted octanol–water partition coefficient (Wildman–Crippen LogP) is 3.67. The molecule has 0 aromatic rings. The van der Waals surface area contributed by atoms with Crippen LogP contribution in [-0.2, 0) is 9.47 Å². The normalized spacial score (nSPS) is 22.3. The predicted molar refractivity (Wildman–Crippen MR) is 62.8 cm³/mol. The number of hydrogen-bond acceptors (Lipinski definition) is 2. The molecule has 0 aromatic heterocycles. The van der Waals surface area contributed by atoms with Crippen molar-refractivity contribution in [2.45, 2.75) is 58.2 Å². The van der Waals surface area contributed by atoms with Crippen LogP contribution in [0.3, 0.4) is 0 Å². The van der Waals surface area contributed by atoms with Crippen LogP contribution in [0.2, 0.25) is 0 Å². The van der Waals surface area contributed by atoms with E-state index >= 15 is 0 Å². The third-order valence-corrected chi connectivity index (χ3v) is 2.66. The standard InChI is InChI=1S/C13H24O2/c1-2-3-4-5-6-8-11-14-13-10-7-9-12-15-13/h6,8,13H,2-5,7,9-12H2,1H3/b8-6+. The molecule has 0 amide bonds. The van der Waals surface area contributed by atoms with E-state index in [-0.39, 0.29) is 6.29 Å². The first-order valence-electron chi connectivity index (χ1n) is 6.31. The van der Waals surface area contributed by atoms with Gasteiger partial charge in [0.1, 0.15) is 0 Å². The summed E-state index contributed by atoms with van der Waals surface area (Å²) in [6.45, 7) is 3.80. The largest absolute Gasteiger partial charge is 0.353 e. The average molecular weight is 212 g/mol. The maximum absolute atomic E-state index is 5.58. The summed E-state index contributed by atoms with van der Waals surface area (Å²) in [4.78, 5) is 0. The van der Waals surface area contributed by atoms with Crippen LogP contribution < -0.4 is 0 Å². The van der Waals surface area contributed by atoms with Gasteiger partial charge >= 0.3 is 0 Å². The van der Waals surface area contributed by atoms with Gasteiger partial charge in [0.25, 0.3) is 0 Å². The molecule has 1 unspecified atom stereocenters. The second-order valence-electron chi connectivity index (χ2n) is 4.10. The molecule has 1 saturated heterocycles. The summed E-state index contributed by atoms with van der Waals surface area (Å²) < 4.78 is 11.0. The zero-order valence-corrected chi connectivity index (χ0v) is 9.91. The van der Waals surface area contributed by atoms with Crippen LogP contribution in [-0.4, -0.2) is 19.5 Å². The monoisotopic (exact) mass is 212 g/mol. The summed E-state index contributed by atoms with van der Waals surface area (Å²) >= 11 is 0. The van der Waals surface area contributed by atoms with Crippen molar-refractivity contribution in [2.24, 2.45) is 0 Å². The molecule has 1 rings (SSSR count). The van der Waals surface area contributed by atoms with Gasteiger partial charge in [-0.3, -0.25) is 0 Å². The molecule has 1 aliphatic heterocycles. The molecule has 1 atom stereocenters. The molecular weight excluding hydrogens is 188 g/mol. The van der Waals surface area contributed by atoms with Crippen molar-refractivity contribution < 1.29 is 9.47 Å². The average Bonchev–Trinajstić information content (AvgIpc) is 2.29. The minimum atomic E-state index is 0.0547. The molecule has 1 heterocycles. The molecule has 1 aliphatic rings. The van der Waals surface area contributed by atoms with Crippen molar-refractivity contribution in [3.8, 4) is 0 Å². The van der Waals surface area contributed by atoms with E-state index in [1.165, 1.54) is 38.5 Å². The van der Waals surface area contributed by atoms with Crippen LogP contribution in [0.15, 0.2) is 12.2 Å². The Morgan fingerprint density at radius 3 is 2.93 bits per heavy atom. The molecule has 0 saturated carbocycles. The third kappa shape index (κ3) is 6.69. The summed E-state index contributed by atoms with van der Waals surface area (Å²) in [6, 6.07) is 0. The van der Waals surface area contributed by atoms with Gasteiger partial charge in [-0.25, -0.2) is 0 Å². The Morgan fingerprint density at radius 2 is 2.20 bits per heavy atom. The second-order valence-corrected chi connectivity index (χ2v) is 4.10. The molecule has 0 aromatic carbocycles. The fraction of sp³-hybridized carbons (Fsp3) is 0.846. The fourth-order valence-electron chi connectivity index (χ4n) is 1.70. The molecule has 88 valence electrons. The Kier molecular flexibility index (Phi) is 7.58. The van der Waals surface area contributed by atoms with E-state index in [2.05, 4.69) is 19.1 Å². The highest BCUT2D eigenvalue weighted by Gasteiger charge is 2.12. The van der Waals surface area contributed by atoms with E-state index in [9.17, 15) is 0 Å². The molecular formula is C13H24O2. The summed E-state index contributed by atoms with van der Waals surface area (Å²) in [5.74, 6) is 0. The molecule has 0 N–H and O–H groups in total. The van der Waals surface area contributed by atoms with Gasteiger partial charge in [0.05, 0.1) is 6.61 Å². The Bertz CT molecular complexity index is 160. The first-order valence-corrected chi connectivity index (χ1v) is 6.31. The van der Waals surface area contributed by atoms with Gasteiger partial charge in [0.2, 0.25) is 0 Å². The topological polar surface area (TPSA) is 18.5 Å². The van der Waals surface area contributed by atoms with Gasteiger partial charge in [-0.2, -0.15) is 0 Å². The summed E-state index contributed by atoms with van der Waals surface area (Å²) in [6.07, 6.45) is 13.0. The highest BCUT2D eigenvalue weighted by Crippen LogP contribution is 2.13. The molecule has 0 radical (unpaired) electrons. The molecule has 1 fully saturated rings. The van der Waals surface area contributed by atoms with Crippen LogP contribution in [0, 0.1) is 0 Å². The van der Waals surface area contributed by atoms with E-state index in [1.54, 1.807) is 0 Å². The first-order chi connectivity index (χ1) is 7.43. The van der Waals surface area contributed by atoms with Crippen molar-refractivity contribution in [3.63, 3.8) is 0 Å². The molecule has 0 aliphatic carbocycles. The molecule has 0 spiro atoms. The van der Waals surface area contributed by atoms with Gasteiger partial charge in [-0.1, -0.05) is 31.9 Å². The SMILES string of the molecule is CCCCC/C=C/COC1CCCCO1. The van der Waals surface area contributed by atoms with Crippen molar-refractivity contribution in [1.82, 2.24) is 0 Å². The van der Waals surface area contributed by atoms with Crippen molar-refractivity contribution in [3.05, 3.63) is 12.2 Å². The second kappa shape index (κ2) is 8.93. The zero-order valence-electron chi connectivity index (χ0n) is 9.91. The lowest BCUT2D eigenvalue weighted by atomic mass is 10.2. The smallest absolute Gasteiger partial charge is 0.157 e. The van der Waals surface area contributed by atoms with E-state index in [1.807, 2.05) is 0 Å². The fourth-order valence-corrected chi connectivity index (χ4v) is 1.70. The number of rotatable bonds is 7. The molecule has 0 bridgehead atoms.